The fourth-order valence-corrected chi connectivity index (χ4v) is 0. The fourth-order valence-electron chi connectivity index (χ4n) is 0. The Labute approximate surface area is 86.2 Å². The second kappa shape index (κ2) is 56.4. The summed E-state index contributed by atoms with van der Waals surface area (Å²) in [6, 6.07) is 0. The van der Waals surface area contributed by atoms with E-state index >= 15 is 0 Å². The third-order valence-electron chi connectivity index (χ3n) is 0. The van der Waals surface area contributed by atoms with Crippen molar-refractivity contribution >= 4 is 7.85 Å². The number of hydrogen-bond acceptors (Lipinski definition) is 0. The quantitative estimate of drug-likeness (QED) is 0.335. The van der Waals surface area contributed by atoms with Gasteiger partial charge in [0.1, 0.15) is 7.85 Å². The van der Waals surface area contributed by atoms with Crippen LogP contribution in [0.2, 0.25) is 0 Å². The van der Waals surface area contributed by atoms with E-state index in [1.165, 1.54) is 5.98 Å². The molecule has 0 atom stereocenters. The van der Waals surface area contributed by atoms with E-state index < -0.39 is 0 Å². The summed E-state index contributed by atoms with van der Waals surface area (Å²) in [6.07, 6.45) is 0. The molecule has 0 unspecified atom stereocenters. The van der Waals surface area contributed by atoms with Crippen molar-refractivity contribution in [1.29, 1.82) is 0 Å². The van der Waals surface area contributed by atoms with Crippen molar-refractivity contribution in [3.63, 3.8) is 0 Å². The molecule has 0 rings (SSSR count). The van der Waals surface area contributed by atoms with Crippen molar-refractivity contribution in [3.05, 3.63) is 12.6 Å². The molecule has 2 radical (unpaired) electrons. The van der Waals surface area contributed by atoms with Gasteiger partial charge >= 0.3 is 51.4 Å². The summed E-state index contributed by atoms with van der Waals surface area (Å²) in [5, 5.41) is 0. The molecule has 0 aliphatic carbocycles. The van der Waals surface area contributed by atoms with Crippen molar-refractivity contribution in [1.82, 2.24) is 0 Å². The summed E-state index contributed by atoms with van der Waals surface area (Å²) < 4.78 is 0. The van der Waals surface area contributed by atoms with Crippen LogP contribution in [0, 0.1) is 0 Å². The first kappa shape index (κ1) is 41.2. The topological polar surface area (TPSA) is 0 Å². The van der Waals surface area contributed by atoms with Crippen LogP contribution in [-0.4, -0.2) is 7.85 Å². The summed E-state index contributed by atoms with van der Waals surface area (Å²) in [5.41, 5.74) is 0. The Balaban J connectivity index is -0.00000000200. The average molecular weight is 138 g/mol. The van der Waals surface area contributed by atoms with Gasteiger partial charge in [-0.05, 0) is 0 Å². The Kier molecular flexibility index (Phi) is 332. The summed E-state index contributed by atoms with van der Waals surface area (Å²) in [7, 11) is 4.61. The van der Waals surface area contributed by atoms with Gasteiger partial charge in [0.15, 0.2) is 0 Å². The average Bonchev–Trinajstić information content (AvgIpc) is 0.918. The van der Waals surface area contributed by atoms with E-state index in [-0.39, 0.29) is 66.9 Å². The zero-order valence-electron chi connectivity index (χ0n) is 5.09. The van der Waals surface area contributed by atoms with Gasteiger partial charge in [-0.15, -0.1) is 12.6 Å². The minimum absolute atomic E-state index is 0. The van der Waals surface area contributed by atoms with Crippen molar-refractivity contribution in [3.8, 4) is 0 Å². The van der Waals surface area contributed by atoms with Crippen LogP contribution in [0.5, 0.6) is 0 Å². The molecule has 0 amide bonds. The Morgan fingerprint density at radius 1 is 1.29 bits per heavy atom. The van der Waals surface area contributed by atoms with Crippen LogP contribution in [0.15, 0.2) is 12.6 Å². The van der Waals surface area contributed by atoms with Crippen molar-refractivity contribution in [2.24, 2.45) is 0 Å². The van der Waals surface area contributed by atoms with Crippen LogP contribution in [0.25, 0.3) is 0 Å². The van der Waals surface area contributed by atoms with Crippen LogP contribution in [0.1, 0.15) is 1.43 Å². The Bertz CT molecular complexity index is 24.8. The van der Waals surface area contributed by atoms with Gasteiger partial charge in [0.05, 0.1) is 0 Å². The second-order valence-corrected chi connectivity index (χ2v) is 0.236. The van der Waals surface area contributed by atoms with Gasteiger partial charge in [-0.2, -0.15) is 0 Å². The molecular weight excluding hydrogens is 131 g/mol. The molecule has 0 saturated heterocycles. The molecule has 0 heterocycles. The van der Waals surface area contributed by atoms with Crippen molar-refractivity contribution in [2.75, 3.05) is 0 Å². The Morgan fingerprint density at radius 2 is 1.29 bits per heavy atom. The fraction of sp³-hybridized carbons (Fsp3) is 0. The van der Waals surface area contributed by atoms with E-state index in [1.807, 2.05) is 0 Å². The van der Waals surface area contributed by atoms with Gasteiger partial charge in [0.2, 0.25) is 0 Å². The molecule has 7 heavy (non-hydrogen) atoms. The van der Waals surface area contributed by atoms with Gasteiger partial charge in [0.25, 0.3) is 0 Å². The summed E-state index contributed by atoms with van der Waals surface area (Å²) in [5.74, 6) is 1.25. The summed E-state index contributed by atoms with van der Waals surface area (Å²) >= 11 is 0. The van der Waals surface area contributed by atoms with Crippen LogP contribution in [0.3, 0.4) is 0 Å². The summed E-state index contributed by atoms with van der Waals surface area (Å²) in [6.45, 7) is 3.14. The molecular formula is C2H7BF3K. The molecule has 0 aromatic heterocycles. The molecule has 0 fully saturated rings. The van der Waals surface area contributed by atoms with Gasteiger partial charge in [-0.25, -0.2) is 0 Å². The third-order valence-corrected chi connectivity index (χ3v) is 0. The van der Waals surface area contributed by atoms with Crippen LogP contribution in [0.4, 0.5) is 14.1 Å². The molecule has 0 aliphatic heterocycles. The molecule has 0 aromatic carbocycles. The van der Waals surface area contributed by atoms with Crippen LogP contribution in [-0.2, 0) is 0 Å². The third kappa shape index (κ3) is 131. The van der Waals surface area contributed by atoms with E-state index in [9.17, 15) is 0 Å². The molecule has 5 heteroatoms. The smallest absolute Gasteiger partial charge is 1.00 e. The van der Waals surface area contributed by atoms with Gasteiger partial charge < -0.3 is 1.43 Å². The molecule has 0 aromatic rings. The van der Waals surface area contributed by atoms with Crippen LogP contribution >= 0.6 is 0 Å². The number of rotatable bonds is 0. The largest absolute Gasteiger partial charge is 1.00 e. The standard InChI is InChI=1S/C2H3B.3FH.K.H/c1-2-3;;;;;/h2H,1H2;3*1H;;/q;;;;+1;-1. The van der Waals surface area contributed by atoms with E-state index in [1.54, 1.807) is 0 Å². The molecule has 0 nitrogen and oxygen atoms in total. The molecule has 0 N–H and O–H groups in total. The molecule has 0 saturated carbocycles. The number of hydrogen-bond donors (Lipinski definition) is 0. The van der Waals surface area contributed by atoms with E-state index in [4.69, 9.17) is 0 Å². The molecule has 40 valence electrons. The van der Waals surface area contributed by atoms with Crippen LogP contribution < -0.4 is 51.4 Å². The van der Waals surface area contributed by atoms with Gasteiger partial charge in [0, 0.05) is 0 Å². The maximum Gasteiger partial charge on any atom is 1.00 e. The van der Waals surface area contributed by atoms with Crippen molar-refractivity contribution < 1.29 is 66.9 Å². The zero-order valence-corrected chi connectivity index (χ0v) is 7.21. The summed E-state index contributed by atoms with van der Waals surface area (Å²) in [4.78, 5) is 0. The van der Waals surface area contributed by atoms with E-state index in [0.717, 1.165) is 0 Å². The minimum atomic E-state index is 0. The Hall–Kier alpha value is 1.23. The predicted molar refractivity (Wildman–Crippen MR) is 24.6 cm³/mol. The Morgan fingerprint density at radius 3 is 1.29 bits per heavy atom. The van der Waals surface area contributed by atoms with Gasteiger partial charge in [-0.1, -0.05) is 0 Å². The normalized spacial score (nSPS) is 1.71. The number of halogens is 3. The van der Waals surface area contributed by atoms with Crippen molar-refractivity contribution in [2.45, 2.75) is 0 Å². The maximum absolute atomic E-state index is 4.61. The molecule has 0 aliphatic rings. The SMILES string of the molecule is F.F.F.[B]C=C.[H-].[K+]. The predicted octanol–water partition coefficient (Wildman–Crippen LogP) is -2.13. The van der Waals surface area contributed by atoms with Gasteiger partial charge in [-0.3, -0.25) is 14.1 Å². The first-order valence-corrected chi connectivity index (χ1v) is 0.742. The minimum Gasteiger partial charge on any atom is -1.00 e. The second-order valence-electron chi connectivity index (χ2n) is 0.236. The van der Waals surface area contributed by atoms with E-state index in [2.05, 4.69) is 14.4 Å². The van der Waals surface area contributed by atoms with E-state index in [0.29, 0.717) is 0 Å². The monoisotopic (exact) mass is 138 g/mol. The molecule has 0 spiro atoms. The molecule has 0 bridgehead atoms. The zero-order chi connectivity index (χ0) is 2.71. The first-order chi connectivity index (χ1) is 1.41. The maximum atomic E-state index is 4.61. The first-order valence-electron chi connectivity index (χ1n) is 0.742.